The number of aromatic nitrogens is 3. The highest BCUT2D eigenvalue weighted by Gasteiger charge is 2.16. The summed E-state index contributed by atoms with van der Waals surface area (Å²) in [5, 5.41) is 9.25. The fourth-order valence-corrected chi connectivity index (χ4v) is 3.34. The van der Waals surface area contributed by atoms with Crippen molar-refractivity contribution < 1.29 is 9.21 Å². The number of thioether (sulfide) groups is 1. The van der Waals surface area contributed by atoms with Crippen LogP contribution >= 0.6 is 11.8 Å². The van der Waals surface area contributed by atoms with Gasteiger partial charge in [-0.15, -0.1) is 16.8 Å². The summed E-state index contributed by atoms with van der Waals surface area (Å²) in [4.78, 5) is 14.0. The molecule has 0 aliphatic heterocycles. The van der Waals surface area contributed by atoms with E-state index >= 15 is 0 Å². The molecular weight excluding hydrogens is 348 g/mol. The summed E-state index contributed by atoms with van der Waals surface area (Å²) in [6, 6.07) is 13.5. The molecule has 0 spiro atoms. The van der Waals surface area contributed by atoms with Gasteiger partial charge in [0.25, 0.3) is 0 Å². The first-order chi connectivity index (χ1) is 12.7. The lowest BCUT2D eigenvalue weighted by atomic mass is 10.2. The van der Waals surface area contributed by atoms with Crippen LogP contribution < -0.4 is 0 Å². The number of nitrogens with zero attached hydrogens (tertiary/aromatic N) is 4. The number of benzene rings is 1. The van der Waals surface area contributed by atoms with E-state index in [0.717, 1.165) is 17.1 Å². The molecule has 3 rings (SSSR count). The van der Waals surface area contributed by atoms with Crippen LogP contribution in [-0.2, 0) is 17.9 Å². The summed E-state index contributed by atoms with van der Waals surface area (Å²) < 4.78 is 7.25. The average molecular weight is 368 g/mol. The Morgan fingerprint density at radius 3 is 2.77 bits per heavy atom. The molecule has 6 nitrogen and oxygen atoms in total. The van der Waals surface area contributed by atoms with Crippen molar-refractivity contribution in [1.29, 1.82) is 0 Å². The molecule has 0 N–H and O–H groups in total. The first-order valence-corrected chi connectivity index (χ1v) is 9.16. The summed E-state index contributed by atoms with van der Waals surface area (Å²) >= 11 is 1.37. The summed E-state index contributed by atoms with van der Waals surface area (Å²) in [6.07, 6.45) is 3.40. The van der Waals surface area contributed by atoms with E-state index < -0.39 is 0 Å². The molecule has 0 bridgehead atoms. The van der Waals surface area contributed by atoms with Crippen LogP contribution in [0.4, 0.5) is 0 Å². The van der Waals surface area contributed by atoms with Crippen molar-refractivity contribution in [3.63, 3.8) is 0 Å². The van der Waals surface area contributed by atoms with Gasteiger partial charge in [-0.2, -0.15) is 0 Å². The predicted molar refractivity (Wildman–Crippen MR) is 102 cm³/mol. The van der Waals surface area contributed by atoms with E-state index in [-0.39, 0.29) is 11.7 Å². The van der Waals surface area contributed by atoms with Gasteiger partial charge in [-0.3, -0.25) is 9.36 Å². The van der Waals surface area contributed by atoms with E-state index in [0.29, 0.717) is 18.2 Å². The van der Waals surface area contributed by atoms with Gasteiger partial charge in [-0.25, -0.2) is 0 Å². The smallest absolute Gasteiger partial charge is 0.233 e. The Morgan fingerprint density at radius 1 is 1.27 bits per heavy atom. The third-order valence-electron chi connectivity index (χ3n) is 3.78. The Labute approximate surface area is 156 Å². The summed E-state index contributed by atoms with van der Waals surface area (Å²) in [6.45, 7) is 4.83. The third-order valence-corrected chi connectivity index (χ3v) is 4.74. The lowest BCUT2D eigenvalue weighted by Gasteiger charge is -2.15. The molecule has 0 atom stereocenters. The van der Waals surface area contributed by atoms with Crippen LogP contribution in [0.1, 0.15) is 5.76 Å². The zero-order valence-electron chi connectivity index (χ0n) is 14.5. The van der Waals surface area contributed by atoms with Gasteiger partial charge in [0, 0.05) is 19.2 Å². The van der Waals surface area contributed by atoms with Crippen molar-refractivity contribution in [1.82, 2.24) is 19.7 Å². The number of hydrogen-bond donors (Lipinski definition) is 0. The molecule has 0 aliphatic rings. The molecule has 1 amide bonds. The first-order valence-electron chi connectivity index (χ1n) is 8.17. The van der Waals surface area contributed by atoms with Crippen LogP contribution in [0, 0.1) is 0 Å². The maximum Gasteiger partial charge on any atom is 0.233 e. The monoisotopic (exact) mass is 368 g/mol. The maximum absolute atomic E-state index is 12.4. The predicted octanol–water partition coefficient (Wildman–Crippen LogP) is 3.47. The number of hydrogen-bond acceptors (Lipinski definition) is 5. The molecular formula is C19H20N4O2S. The van der Waals surface area contributed by atoms with E-state index in [1.165, 1.54) is 11.8 Å². The van der Waals surface area contributed by atoms with Crippen molar-refractivity contribution in [3.05, 3.63) is 67.1 Å². The molecule has 2 aromatic heterocycles. The normalized spacial score (nSPS) is 10.7. The van der Waals surface area contributed by atoms with Crippen LogP contribution in [0.2, 0.25) is 0 Å². The second-order valence-electron chi connectivity index (χ2n) is 5.69. The molecule has 26 heavy (non-hydrogen) atoms. The second-order valence-corrected chi connectivity index (χ2v) is 6.63. The first kappa shape index (κ1) is 18.0. The number of carbonyl (C=O) groups is 1. The zero-order valence-corrected chi connectivity index (χ0v) is 15.4. The fourth-order valence-electron chi connectivity index (χ4n) is 2.45. The van der Waals surface area contributed by atoms with E-state index in [1.807, 2.05) is 47.0 Å². The van der Waals surface area contributed by atoms with Crippen molar-refractivity contribution in [2.45, 2.75) is 18.2 Å². The Hall–Kier alpha value is -2.80. The van der Waals surface area contributed by atoms with Crippen LogP contribution in [0.3, 0.4) is 0 Å². The molecule has 0 radical (unpaired) electrons. The Balaban J connectivity index is 1.68. The minimum absolute atomic E-state index is 0.000754. The van der Waals surface area contributed by atoms with E-state index in [2.05, 4.69) is 16.8 Å². The van der Waals surface area contributed by atoms with Gasteiger partial charge < -0.3 is 9.32 Å². The molecule has 7 heteroatoms. The van der Waals surface area contributed by atoms with Gasteiger partial charge >= 0.3 is 0 Å². The van der Waals surface area contributed by atoms with Crippen LogP contribution in [-0.4, -0.2) is 38.4 Å². The minimum atomic E-state index is 0.000754. The van der Waals surface area contributed by atoms with Gasteiger partial charge in [-0.1, -0.05) is 48.2 Å². The summed E-state index contributed by atoms with van der Waals surface area (Å²) in [5.74, 6) is 1.80. The molecule has 0 fully saturated rings. The van der Waals surface area contributed by atoms with E-state index in [9.17, 15) is 4.79 Å². The summed E-state index contributed by atoms with van der Waals surface area (Å²) in [7, 11) is 1.76. The molecule has 0 aliphatic carbocycles. The second kappa shape index (κ2) is 8.53. The molecule has 3 aromatic rings. The topological polar surface area (TPSA) is 64.2 Å². The number of allylic oxidation sites excluding steroid dienone is 1. The van der Waals surface area contributed by atoms with Crippen LogP contribution in [0.15, 0.2) is 71.0 Å². The quantitative estimate of drug-likeness (QED) is 0.450. The van der Waals surface area contributed by atoms with Crippen molar-refractivity contribution >= 4 is 17.7 Å². The fraction of sp³-hybridized carbons (Fsp3) is 0.211. The molecule has 1 aromatic carbocycles. The Morgan fingerprint density at radius 2 is 2.08 bits per heavy atom. The highest BCUT2D eigenvalue weighted by Crippen LogP contribution is 2.24. The van der Waals surface area contributed by atoms with Gasteiger partial charge in [0.05, 0.1) is 18.6 Å². The standard InChI is InChI=1S/C19H20N4O2S/c1-3-11-23-18(15-8-5-4-6-9-15)20-21-19(23)26-14-17(24)22(2)13-16-10-7-12-25-16/h3-10,12H,1,11,13-14H2,2H3. The average Bonchev–Trinajstić information content (AvgIpc) is 3.31. The molecule has 134 valence electrons. The Kier molecular flexibility index (Phi) is 5.91. The van der Waals surface area contributed by atoms with Gasteiger partial charge in [0.2, 0.25) is 5.91 Å². The summed E-state index contributed by atoms with van der Waals surface area (Å²) in [5.41, 5.74) is 0.981. The van der Waals surface area contributed by atoms with Gasteiger partial charge in [0.15, 0.2) is 11.0 Å². The van der Waals surface area contributed by atoms with Gasteiger partial charge in [-0.05, 0) is 12.1 Å². The Bertz CT molecular complexity index is 859. The van der Waals surface area contributed by atoms with Crippen molar-refractivity contribution in [3.8, 4) is 11.4 Å². The number of furan rings is 1. The lowest BCUT2D eigenvalue weighted by Crippen LogP contribution is -2.27. The maximum atomic E-state index is 12.4. The highest BCUT2D eigenvalue weighted by molar-refractivity contribution is 7.99. The SMILES string of the molecule is C=CCn1c(SCC(=O)N(C)Cc2ccco2)nnc1-c1ccccc1. The van der Waals surface area contributed by atoms with Crippen LogP contribution in [0.25, 0.3) is 11.4 Å². The molecule has 0 saturated heterocycles. The molecule has 0 saturated carbocycles. The lowest BCUT2D eigenvalue weighted by molar-refractivity contribution is -0.127. The molecule has 0 unspecified atom stereocenters. The highest BCUT2D eigenvalue weighted by atomic mass is 32.2. The van der Waals surface area contributed by atoms with Crippen LogP contribution in [0.5, 0.6) is 0 Å². The van der Waals surface area contributed by atoms with Crippen molar-refractivity contribution in [2.24, 2.45) is 0 Å². The van der Waals surface area contributed by atoms with Gasteiger partial charge in [0.1, 0.15) is 5.76 Å². The zero-order chi connectivity index (χ0) is 18.4. The number of carbonyl (C=O) groups excluding carboxylic acids is 1. The molecule has 2 heterocycles. The number of rotatable bonds is 8. The van der Waals surface area contributed by atoms with E-state index in [1.54, 1.807) is 24.3 Å². The third kappa shape index (κ3) is 4.23. The minimum Gasteiger partial charge on any atom is -0.467 e. The number of amides is 1. The van der Waals surface area contributed by atoms with E-state index in [4.69, 9.17) is 4.42 Å². The largest absolute Gasteiger partial charge is 0.467 e. The van der Waals surface area contributed by atoms with Crippen molar-refractivity contribution in [2.75, 3.05) is 12.8 Å².